The third-order valence-corrected chi connectivity index (χ3v) is 4.58. The Morgan fingerprint density at radius 2 is 2.00 bits per heavy atom. The number of carbonyl (C=O) groups excluding carboxylic acids is 1. The maximum atomic E-state index is 12.1. The SMILES string of the molecule is Cc1ccc(NC(=O)C2CCCCC2)cc1I. The van der Waals surface area contributed by atoms with Crippen molar-refractivity contribution >= 4 is 34.2 Å². The smallest absolute Gasteiger partial charge is 0.227 e. The average Bonchev–Trinajstić information content (AvgIpc) is 2.35. The zero-order valence-electron chi connectivity index (χ0n) is 10.1. The van der Waals surface area contributed by atoms with Crippen molar-refractivity contribution in [2.75, 3.05) is 5.32 Å². The van der Waals surface area contributed by atoms with Crippen LogP contribution in [0.1, 0.15) is 37.7 Å². The molecule has 3 heteroatoms. The lowest BCUT2D eigenvalue weighted by Crippen LogP contribution is -2.24. The van der Waals surface area contributed by atoms with Gasteiger partial charge in [-0.15, -0.1) is 0 Å². The van der Waals surface area contributed by atoms with E-state index >= 15 is 0 Å². The van der Waals surface area contributed by atoms with Gasteiger partial charge in [0, 0.05) is 15.2 Å². The van der Waals surface area contributed by atoms with Gasteiger partial charge in [-0.05, 0) is 60.1 Å². The van der Waals surface area contributed by atoms with Crippen LogP contribution in [-0.2, 0) is 4.79 Å². The summed E-state index contributed by atoms with van der Waals surface area (Å²) in [6.07, 6.45) is 5.78. The van der Waals surface area contributed by atoms with Crippen molar-refractivity contribution in [3.8, 4) is 0 Å². The molecule has 1 fully saturated rings. The van der Waals surface area contributed by atoms with E-state index in [1.807, 2.05) is 12.1 Å². The minimum atomic E-state index is 0.198. The first kappa shape index (κ1) is 12.9. The molecule has 1 aliphatic carbocycles. The number of anilines is 1. The molecule has 1 aromatic rings. The molecule has 0 aliphatic heterocycles. The fourth-order valence-electron chi connectivity index (χ4n) is 2.28. The van der Waals surface area contributed by atoms with Gasteiger partial charge in [-0.2, -0.15) is 0 Å². The Kier molecular flexibility index (Phi) is 4.42. The Morgan fingerprint density at radius 3 is 2.65 bits per heavy atom. The van der Waals surface area contributed by atoms with Crippen LogP contribution >= 0.6 is 22.6 Å². The van der Waals surface area contributed by atoms with Crippen LogP contribution in [0.15, 0.2) is 18.2 Å². The Morgan fingerprint density at radius 1 is 1.29 bits per heavy atom. The third kappa shape index (κ3) is 3.44. The van der Waals surface area contributed by atoms with E-state index in [1.54, 1.807) is 0 Å². The number of halogens is 1. The maximum absolute atomic E-state index is 12.1. The van der Waals surface area contributed by atoms with Crippen molar-refractivity contribution < 1.29 is 4.79 Å². The predicted molar refractivity (Wildman–Crippen MR) is 79.1 cm³/mol. The van der Waals surface area contributed by atoms with Crippen molar-refractivity contribution in [1.29, 1.82) is 0 Å². The molecule has 1 N–H and O–H groups in total. The number of carbonyl (C=O) groups is 1. The summed E-state index contributed by atoms with van der Waals surface area (Å²) in [5.74, 6) is 0.423. The Labute approximate surface area is 116 Å². The van der Waals surface area contributed by atoms with Crippen LogP contribution < -0.4 is 5.32 Å². The second kappa shape index (κ2) is 5.85. The highest BCUT2D eigenvalue weighted by Crippen LogP contribution is 2.25. The predicted octanol–water partition coefficient (Wildman–Crippen LogP) is 4.12. The number of nitrogens with one attached hydrogen (secondary N) is 1. The summed E-state index contributed by atoms with van der Waals surface area (Å²) in [5, 5.41) is 3.04. The van der Waals surface area contributed by atoms with E-state index in [1.165, 1.54) is 28.4 Å². The Bertz CT molecular complexity index is 411. The molecule has 92 valence electrons. The molecule has 1 aromatic carbocycles. The summed E-state index contributed by atoms with van der Waals surface area (Å²) in [6, 6.07) is 6.08. The minimum absolute atomic E-state index is 0.198. The van der Waals surface area contributed by atoms with E-state index in [2.05, 4.69) is 40.9 Å². The van der Waals surface area contributed by atoms with E-state index in [9.17, 15) is 4.79 Å². The van der Waals surface area contributed by atoms with Gasteiger partial charge in [0.2, 0.25) is 5.91 Å². The first-order valence-electron chi connectivity index (χ1n) is 6.24. The Hall–Kier alpha value is -0.580. The molecule has 0 saturated heterocycles. The van der Waals surface area contributed by atoms with Gasteiger partial charge < -0.3 is 5.32 Å². The first-order chi connectivity index (χ1) is 8.16. The van der Waals surface area contributed by atoms with Gasteiger partial charge >= 0.3 is 0 Å². The van der Waals surface area contributed by atoms with Gasteiger partial charge in [0.1, 0.15) is 0 Å². The minimum Gasteiger partial charge on any atom is -0.326 e. The second-order valence-corrected chi connectivity index (χ2v) is 5.95. The summed E-state index contributed by atoms with van der Waals surface area (Å²) in [5.41, 5.74) is 2.18. The van der Waals surface area contributed by atoms with E-state index in [0.717, 1.165) is 18.5 Å². The standard InChI is InChI=1S/C14H18INO/c1-10-7-8-12(9-13(10)15)16-14(17)11-5-3-2-4-6-11/h7-9,11H,2-6H2,1H3,(H,16,17). The normalized spacial score (nSPS) is 16.8. The van der Waals surface area contributed by atoms with Crippen LogP contribution in [0.2, 0.25) is 0 Å². The van der Waals surface area contributed by atoms with E-state index in [0.29, 0.717) is 0 Å². The molecule has 0 unspecified atom stereocenters. The van der Waals surface area contributed by atoms with Crippen molar-refractivity contribution in [3.63, 3.8) is 0 Å². The van der Waals surface area contributed by atoms with Crippen molar-refractivity contribution in [1.82, 2.24) is 0 Å². The molecule has 0 aromatic heterocycles. The monoisotopic (exact) mass is 343 g/mol. The Balaban J connectivity index is 1.99. The van der Waals surface area contributed by atoms with Crippen LogP contribution in [0.5, 0.6) is 0 Å². The number of aryl methyl sites for hydroxylation is 1. The molecule has 0 heterocycles. The van der Waals surface area contributed by atoms with Gasteiger partial charge in [-0.1, -0.05) is 25.3 Å². The molecular formula is C14H18INO. The number of hydrogen-bond acceptors (Lipinski definition) is 1. The molecular weight excluding hydrogens is 325 g/mol. The van der Waals surface area contributed by atoms with Gasteiger partial charge in [0.05, 0.1) is 0 Å². The number of hydrogen-bond donors (Lipinski definition) is 1. The highest BCUT2D eigenvalue weighted by atomic mass is 127. The zero-order chi connectivity index (χ0) is 12.3. The highest BCUT2D eigenvalue weighted by molar-refractivity contribution is 14.1. The van der Waals surface area contributed by atoms with E-state index < -0.39 is 0 Å². The van der Waals surface area contributed by atoms with Crippen LogP contribution in [0.3, 0.4) is 0 Å². The third-order valence-electron chi connectivity index (χ3n) is 3.42. The number of benzene rings is 1. The second-order valence-electron chi connectivity index (χ2n) is 4.79. The van der Waals surface area contributed by atoms with E-state index in [4.69, 9.17) is 0 Å². The van der Waals surface area contributed by atoms with Crippen molar-refractivity contribution in [2.45, 2.75) is 39.0 Å². The molecule has 2 nitrogen and oxygen atoms in total. The fourth-order valence-corrected chi connectivity index (χ4v) is 2.79. The molecule has 2 rings (SSSR count). The summed E-state index contributed by atoms with van der Waals surface area (Å²) >= 11 is 2.30. The maximum Gasteiger partial charge on any atom is 0.227 e. The van der Waals surface area contributed by atoms with Gasteiger partial charge in [0.25, 0.3) is 0 Å². The lowest BCUT2D eigenvalue weighted by atomic mass is 9.88. The summed E-state index contributed by atoms with van der Waals surface area (Å²) in [7, 11) is 0. The molecule has 0 spiro atoms. The average molecular weight is 343 g/mol. The molecule has 0 bridgehead atoms. The quantitative estimate of drug-likeness (QED) is 0.805. The topological polar surface area (TPSA) is 29.1 Å². The molecule has 1 aliphatic rings. The first-order valence-corrected chi connectivity index (χ1v) is 7.32. The van der Waals surface area contributed by atoms with E-state index in [-0.39, 0.29) is 11.8 Å². The largest absolute Gasteiger partial charge is 0.326 e. The summed E-state index contributed by atoms with van der Waals surface area (Å²) < 4.78 is 1.20. The van der Waals surface area contributed by atoms with Crippen LogP contribution in [0, 0.1) is 16.4 Å². The molecule has 0 radical (unpaired) electrons. The molecule has 0 atom stereocenters. The zero-order valence-corrected chi connectivity index (χ0v) is 12.3. The molecule has 1 saturated carbocycles. The molecule has 17 heavy (non-hydrogen) atoms. The highest BCUT2D eigenvalue weighted by Gasteiger charge is 2.20. The van der Waals surface area contributed by atoms with Crippen LogP contribution in [0.25, 0.3) is 0 Å². The summed E-state index contributed by atoms with van der Waals surface area (Å²) in [6.45, 7) is 2.08. The summed E-state index contributed by atoms with van der Waals surface area (Å²) in [4.78, 5) is 12.1. The number of amides is 1. The molecule has 1 amide bonds. The van der Waals surface area contributed by atoms with Gasteiger partial charge in [0.15, 0.2) is 0 Å². The van der Waals surface area contributed by atoms with Crippen LogP contribution in [-0.4, -0.2) is 5.91 Å². The number of rotatable bonds is 2. The van der Waals surface area contributed by atoms with Gasteiger partial charge in [-0.3, -0.25) is 4.79 Å². The lowest BCUT2D eigenvalue weighted by Gasteiger charge is -2.20. The van der Waals surface area contributed by atoms with Crippen LogP contribution in [0.4, 0.5) is 5.69 Å². The van der Waals surface area contributed by atoms with Gasteiger partial charge in [-0.25, -0.2) is 0 Å². The lowest BCUT2D eigenvalue weighted by molar-refractivity contribution is -0.120. The van der Waals surface area contributed by atoms with Crippen molar-refractivity contribution in [2.24, 2.45) is 5.92 Å². The van der Waals surface area contributed by atoms with Crippen molar-refractivity contribution in [3.05, 3.63) is 27.3 Å². The fraction of sp³-hybridized carbons (Fsp3) is 0.500.